The smallest absolute Gasteiger partial charge is 0.308 e. The molecule has 10 heteroatoms. The number of carboxylic acids is 1. The number of rotatable bonds is 12. The van der Waals surface area contributed by atoms with Crippen LogP contribution in [0.5, 0.6) is 0 Å². The van der Waals surface area contributed by atoms with Crippen molar-refractivity contribution in [2.24, 2.45) is 17.8 Å². The number of carbonyl (C=O) groups excluding carboxylic acids is 2. The van der Waals surface area contributed by atoms with E-state index in [9.17, 15) is 24.6 Å². The number of benzene rings is 1. The zero-order valence-corrected chi connectivity index (χ0v) is 25.5. The summed E-state index contributed by atoms with van der Waals surface area (Å²) in [6.45, 7) is 13.8. The molecule has 1 aromatic carbocycles. The predicted octanol–water partition coefficient (Wildman–Crippen LogP) is 4.01. The molecule has 2 bridgehead atoms. The highest BCUT2D eigenvalue weighted by atomic mass is 79.9. The molecule has 8 nitrogen and oxygen atoms in total. The lowest BCUT2D eigenvalue weighted by atomic mass is 9.71. The van der Waals surface area contributed by atoms with Gasteiger partial charge in [0.25, 0.3) is 5.91 Å². The molecule has 3 unspecified atom stereocenters. The molecule has 3 heterocycles. The number of hydrogen-bond donors (Lipinski definition) is 2. The lowest BCUT2D eigenvalue weighted by Gasteiger charge is -2.40. The minimum Gasteiger partial charge on any atom is -0.481 e. The Hall–Kier alpha value is -2.04. The van der Waals surface area contributed by atoms with E-state index in [4.69, 9.17) is 0 Å². The lowest BCUT2D eigenvalue weighted by Crippen LogP contribution is -2.58. The fraction of sp³-hybridized carbons (Fsp3) is 0.621. The molecule has 3 aliphatic heterocycles. The van der Waals surface area contributed by atoms with Crippen LogP contribution >= 0.6 is 27.7 Å². The average Bonchev–Trinajstić information content (AvgIpc) is 3.50. The monoisotopic (exact) mass is 621 g/mol. The Labute approximate surface area is 243 Å². The van der Waals surface area contributed by atoms with Crippen molar-refractivity contribution in [3.8, 4) is 0 Å². The maximum atomic E-state index is 14.7. The van der Waals surface area contributed by atoms with Crippen LogP contribution in [-0.4, -0.2) is 86.0 Å². The molecule has 7 atom stereocenters. The Bertz CT molecular complexity index is 1100. The quantitative estimate of drug-likeness (QED) is 0.269. The van der Waals surface area contributed by atoms with Gasteiger partial charge in [0.2, 0.25) is 5.91 Å². The van der Waals surface area contributed by atoms with Crippen molar-refractivity contribution in [1.29, 1.82) is 0 Å². The highest BCUT2D eigenvalue weighted by Crippen LogP contribution is 2.68. The molecule has 0 radical (unpaired) electrons. The summed E-state index contributed by atoms with van der Waals surface area (Å²) < 4.78 is -0.888. The van der Waals surface area contributed by atoms with Crippen LogP contribution in [-0.2, 0) is 14.4 Å². The number of amides is 2. The van der Waals surface area contributed by atoms with E-state index in [1.807, 2.05) is 38.1 Å². The minimum absolute atomic E-state index is 0.123. The number of hydrogen-bond acceptors (Lipinski definition) is 6. The Morgan fingerprint density at radius 1 is 1.23 bits per heavy atom. The number of aliphatic hydroxyl groups excluding tert-OH is 1. The summed E-state index contributed by atoms with van der Waals surface area (Å²) in [6, 6.07) is 6.33. The van der Waals surface area contributed by atoms with Crippen LogP contribution < -0.4 is 9.80 Å². The third kappa shape index (κ3) is 5.01. The molecule has 2 N–H and O–H groups in total. The number of anilines is 2. The number of nitrogens with zero attached hydrogens (tertiary/aromatic N) is 3. The van der Waals surface area contributed by atoms with Crippen LogP contribution in [0.3, 0.4) is 0 Å². The van der Waals surface area contributed by atoms with Crippen molar-refractivity contribution in [2.45, 2.75) is 67.4 Å². The SMILES string of the molecule is C=CCN(C(=O)C1N([C@@H](CO)CC(C)C)C(=O)[C@@H]2[C@H](C(=O)O)[C@H]3SC12CC3Br)c1ccc(N(CC)CC)cc1. The van der Waals surface area contributed by atoms with Gasteiger partial charge in [-0.2, -0.15) is 0 Å². The minimum atomic E-state index is -1.01. The van der Waals surface area contributed by atoms with Gasteiger partial charge in [-0.25, -0.2) is 0 Å². The number of likely N-dealkylation sites (tertiary alicyclic amines) is 1. The van der Waals surface area contributed by atoms with Gasteiger partial charge in [0, 0.05) is 41.1 Å². The standard InChI is InChI=1S/C29H40BrN3O5S/c1-6-13-32(19-11-9-18(10-12-19)31(7-2)8-3)27(36)25-29-15-21(30)24(39-29)22(28(37)38)23(29)26(35)33(25)20(16-34)14-17(4)5/h6,9-12,17,20-25,34H,1,7-8,13-16H2,2-5H3,(H,37,38)/t20-,21?,22+,23+,24+,25?,29?/m1/s1. The maximum Gasteiger partial charge on any atom is 0.308 e. The molecule has 3 aliphatic rings. The second kappa shape index (κ2) is 11.8. The number of aliphatic hydroxyl groups is 1. The summed E-state index contributed by atoms with van der Waals surface area (Å²) in [5, 5.41) is 20.3. The van der Waals surface area contributed by atoms with Crippen LogP contribution in [0.2, 0.25) is 0 Å². The first-order valence-corrected chi connectivity index (χ1v) is 15.6. The number of thioether (sulfide) groups is 1. The molecule has 4 rings (SSSR count). The first-order valence-electron chi connectivity index (χ1n) is 13.8. The largest absolute Gasteiger partial charge is 0.481 e. The van der Waals surface area contributed by atoms with Crippen molar-refractivity contribution in [2.75, 3.05) is 36.0 Å². The van der Waals surface area contributed by atoms with Crippen LogP contribution in [0.25, 0.3) is 0 Å². The predicted molar refractivity (Wildman–Crippen MR) is 160 cm³/mol. The van der Waals surface area contributed by atoms with Crippen molar-refractivity contribution in [3.05, 3.63) is 36.9 Å². The summed E-state index contributed by atoms with van der Waals surface area (Å²) in [4.78, 5) is 46.5. The average molecular weight is 623 g/mol. The Kier molecular flexibility index (Phi) is 9.08. The van der Waals surface area contributed by atoms with E-state index in [2.05, 4.69) is 41.3 Å². The molecule has 1 aromatic rings. The van der Waals surface area contributed by atoms with Gasteiger partial charge in [0.05, 0.1) is 29.2 Å². The molecule has 0 aliphatic carbocycles. The molecule has 0 saturated carbocycles. The molecule has 0 aromatic heterocycles. The van der Waals surface area contributed by atoms with Gasteiger partial charge < -0.3 is 24.9 Å². The van der Waals surface area contributed by atoms with E-state index >= 15 is 0 Å². The van der Waals surface area contributed by atoms with Crippen molar-refractivity contribution in [3.63, 3.8) is 0 Å². The summed E-state index contributed by atoms with van der Waals surface area (Å²) in [7, 11) is 0. The number of alkyl halides is 1. The number of carbonyl (C=O) groups is 3. The Morgan fingerprint density at radius 3 is 2.36 bits per heavy atom. The molecule has 39 heavy (non-hydrogen) atoms. The molecular weight excluding hydrogens is 582 g/mol. The van der Waals surface area contributed by atoms with Gasteiger partial charge in [-0.1, -0.05) is 35.9 Å². The number of aliphatic carboxylic acids is 1. The zero-order valence-electron chi connectivity index (χ0n) is 23.1. The second-order valence-corrected chi connectivity index (χ2v) is 13.9. The van der Waals surface area contributed by atoms with Crippen LogP contribution in [0.1, 0.15) is 40.5 Å². The van der Waals surface area contributed by atoms with E-state index in [0.29, 0.717) is 18.5 Å². The number of halogens is 1. The van der Waals surface area contributed by atoms with Gasteiger partial charge >= 0.3 is 5.97 Å². The third-order valence-corrected chi connectivity index (χ3v) is 11.7. The molecule has 214 valence electrons. The van der Waals surface area contributed by atoms with Gasteiger partial charge in [0.15, 0.2) is 0 Å². The molecule has 3 fully saturated rings. The Morgan fingerprint density at radius 2 is 1.85 bits per heavy atom. The van der Waals surface area contributed by atoms with Crippen LogP contribution in [0.4, 0.5) is 11.4 Å². The van der Waals surface area contributed by atoms with E-state index in [1.54, 1.807) is 15.9 Å². The van der Waals surface area contributed by atoms with E-state index in [1.165, 1.54) is 11.8 Å². The number of carboxylic acid groups (broad SMARTS) is 1. The molecule has 3 saturated heterocycles. The second-order valence-electron chi connectivity index (χ2n) is 11.1. The lowest BCUT2D eigenvalue weighted by molar-refractivity contribution is -0.149. The normalized spacial score (nSPS) is 30.0. The van der Waals surface area contributed by atoms with E-state index in [-0.39, 0.29) is 41.0 Å². The summed E-state index contributed by atoms with van der Waals surface area (Å²) in [5.74, 6) is -3.13. The third-order valence-electron chi connectivity index (χ3n) is 8.46. The van der Waals surface area contributed by atoms with Crippen molar-refractivity contribution < 1.29 is 24.6 Å². The summed E-state index contributed by atoms with van der Waals surface area (Å²) in [6.07, 6.45) is 2.69. The first kappa shape index (κ1) is 29.9. The van der Waals surface area contributed by atoms with Gasteiger partial charge in [-0.05, 0) is 56.9 Å². The van der Waals surface area contributed by atoms with E-state index in [0.717, 1.165) is 18.8 Å². The summed E-state index contributed by atoms with van der Waals surface area (Å²) >= 11 is 5.16. The van der Waals surface area contributed by atoms with Crippen LogP contribution in [0.15, 0.2) is 36.9 Å². The van der Waals surface area contributed by atoms with Crippen molar-refractivity contribution >= 4 is 56.9 Å². The van der Waals surface area contributed by atoms with Gasteiger partial charge in [0.1, 0.15) is 6.04 Å². The molecule has 2 amide bonds. The highest BCUT2D eigenvalue weighted by molar-refractivity contribution is 9.09. The Balaban J connectivity index is 1.80. The van der Waals surface area contributed by atoms with Crippen molar-refractivity contribution in [1.82, 2.24) is 4.90 Å². The van der Waals surface area contributed by atoms with Gasteiger partial charge in [-0.15, -0.1) is 18.3 Å². The highest BCUT2D eigenvalue weighted by Gasteiger charge is 2.76. The zero-order chi connectivity index (χ0) is 28.6. The molecular formula is C29H40BrN3O5S. The van der Waals surface area contributed by atoms with Gasteiger partial charge in [-0.3, -0.25) is 14.4 Å². The summed E-state index contributed by atoms with van der Waals surface area (Å²) in [5.41, 5.74) is 1.75. The first-order chi connectivity index (χ1) is 18.6. The topological polar surface area (TPSA) is 101 Å². The fourth-order valence-electron chi connectivity index (χ4n) is 6.87. The maximum absolute atomic E-state index is 14.7. The fourth-order valence-corrected chi connectivity index (χ4v) is 10.5. The van der Waals surface area contributed by atoms with E-state index < -0.39 is 34.6 Å². The molecule has 1 spiro atoms. The van der Waals surface area contributed by atoms with Crippen LogP contribution in [0, 0.1) is 17.8 Å². The number of fused-ring (bicyclic) bond motifs is 1.